The molecule has 1 aliphatic rings. The summed E-state index contributed by atoms with van der Waals surface area (Å²) >= 11 is 19.1. The first kappa shape index (κ1) is 22.2. The van der Waals surface area contributed by atoms with Gasteiger partial charge < -0.3 is 10.6 Å². The summed E-state index contributed by atoms with van der Waals surface area (Å²) < 4.78 is 3.24. The lowest BCUT2D eigenvalue weighted by atomic mass is 10.1. The zero-order valence-electron chi connectivity index (χ0n) is 17.1. The van der Waals surface area contributed by atoms with E-state index in [-0.39, 0.29) is 22.3 Å². The predicted molar refractivity (Wildman–Crippen MR) is 126 cm³/mol. The summed E-state index contributed by atoms with van der Waals surface area (Å²) in [6.45, 7) is 4.75. The molecule has 1 atom stereocenters. The van der Waals surface area contributed by atoms with Crippen LogP contribution >= 0.6 is 34.8 Å². The highest BCUT2D eigenvalue weighted by molar-refractivity contribution is 6.37. The van der Waals surface area contributed by atoms with Crippen LogP contribution in [0, 0.1) is 0 Å². The maximum atomic E-state index is 13.8. The molecule has 2 aromatic carbocycles. The standard InChI is InChI=1S/C22H23Cl3N4O2/c1-2-27-8-4-3-5-15(12-27)28-19-10-13(21(26)30)9-17(25)20(19)29(22(28)31)18-7-6-14(23)11-16(18)24/h6-7,9-11,15H,2-5,8,12H2,1H3,(H2,26,30). The van der Waals surface area contributed by atoms with Gasteiger partial charge in [-0.25, -0.2) is 4.79 Å². The van der Waals surface area contributed by atoms with Crippen molar-refractivity contribution in [3.63, 3.8) is 0 Å². The van der Waals surface area contributed by atoms with Gasteiger partial charge in [-0.15, -0.1) is 0 Å². The Morgan fingerprint density at radius 3 is 2.58 bits per heavy atom. The summed E-state index contributed by atoms with van der Waals surface area (Å²) in [6, 6.07) is 8.02. The molecule has 0 aliphatic carbocycles. The Labute approximate surface area is 195 Å². The van der Waals surface area contributed by atoms with Crippen LogP contribution in [0.3, 0.4) is 0 Å². The fourth-order valence-electron chi connectivity index (χ4n) is 4.37. The fourth-order valence-corrected chi connectivity index (χ4v) is 5.16. The Balaban J connectivity index is 2.04. The molecule has 1 unspecified atom stereocenters. The summed E-state index contributed by atoms with van der Waals surface area (Å²) in [5.74, 6) is -0.601. The topological polar surface area (TPSA) is 73.3 Å². The van der Waals surface area contributed by atoms with Crippen LogP contribution in [-0.2, 0) is 0 Å². The first-order valence-corrected chi connectivity index (χ1v) is 11.4. The molecule has 3 aromatic rings. The number of nitrogens with two attached hydrogens (primary N) is 1. The molecular weight excluding hydrogens is 459 g/mol. The van der Waals surface area contributed by atoms with Crippen LogP contribution in [0.4, 0.5) is 0 Å². The van der Waals surface area contributed by atoms with Crippen molar-refractivity contribution in [3.05, 3.63) is 61.4 Å². The second kappa shape index (κ2) is 8.87. The Hall–Kier alpha value is -1.99. The van der Waals surface area contributed by atoms with E-state index in [1.54, 1.807) is 28.8 Å². The number of carbonyl (C=O) groups is 1. The monoisotopic (exact) mass is 480 g/mol. The minimum atomic E-state index is -0.601. The average molecular weight is 482 g/mol. The largest absolute Gasteiger partial charge is 0.366 e. The molecule has 1 aromatic heterocycles. The number of amides is 1. The number of fused-ring (bicyclic) bond motifs is 1. The normalized spacial score (nSPS) is 17.7. The number of hydrogen-bond acceptors (Lipinski definition) is 3. The number of imidazole rings is 1. The van der Waals surface area contributed by atoms with Crippen LogP contribution in [0.15, 0.2) is 35.1 Å². The molecule has 4 rings (SSSR count). The lowest BCUT2D eigenvalue weighted by molar-refractivity contribution is 0.100. The highest BCUT2D eigenvalue weighted by Gasteiger charge is 2.27. The first-order chi connectivity index (χ1) is 14.8. The number of hydrogen-bond donors (Lipinski definition) is 1. The molecule has 0 radical (unpaired) electrons. The number of likely N-dealkylation sites (N-methyl/N-ethyl adjacent to an activating group) is 1. The maximum absolute atomic E-state index is 13.8. The van der Waals surface area contributed by atoms with Crippen molar-refractivity contribution >= 4 is 51.7 Å². The Morgan fingerprint density at radius 2 is 1.90 bits per heavy atom. The van der Waals surface area contributed by atoms with E-state index in [9.17, 15) is 9.59 Å². The Kier molecular flexibility index (Phi) is 6.35. The summed E-state index contributed by atoms with van der Waals surface area (Å²) in [4.78, 5) is 28.1. The number of nitrogens with zero attached hydrogens (tertiary/aromatic N) is 3. The summed E-state index contributed by atoms with van der Waals surface area (Å²) in [7, 11) is 0. The van der Waals surface area contributed by atoms with Gasteiger partial charge in [0, 0.05) is 17.1 Å². The van der Waals surface area contributed by atoms with Gasteiger partial charge in [0.2, 0.25) is 5.91 Å². The minimum absolute atomic E-state index is 0.0658. The van der Waals surface area contributed by atoms with Crippen molar-refractivity contribution in [1.29, 1.82) is 0 Å². The smallest absolute Gasteiger partial charge is 0.334 e. The molecule has 31 heavy (non-hydrogen) atoms. The maximum Gasteiger partial charge on any atom is 0.334 e. The van der Waals surface area contributed by atoms with E-state index in [0.29, 0.717) is 26.8 Å². The van der Waals surface area contributed by atoms with Crippen molar-refractivity contribution < 1.29 is 4.79 Å². The molecule has 0 saturated carbocycles. The van der Waals surface area contributed by atoms with E-state index in [1.807, 2.05) is 0 Å². The lowest BCUT2D eigenvalue weighted by Crippen LogP contribution is -2.34. The molecular formula is C22H23Cl3N4O2. The number of aromatic nitrogens is 2. The van der Waals surface area contributed by atoms with Crippen molar-refractivity contribution in [2.24, 2.45) is 5.73 Å². The van der Waals surface area contributed by atoms with E-state index in [2.05, 4.69) is 11.8 Å². The molecule has 6 nitrogen and oxygen atoms in total. The molecule has 1 saturated heterocycles. The Bertz CT molecular complexity index is 1220. The molecule has 2 N–H and O–H groups in total. The van der Waals surface area contributed by atoms with Gasteiger partial charge in [0.15, 0.2) is 0 Å². The van der Waals surface area contributed by atoms with E-state index in [0.717, 1.165) is 38.9 Å². The molecule has 2 heterocycles. The fraction of sp³-hybridized carbons (Fsp3) is 0.364. The number of rotatable bonds is 4. The SMILES string of the molecule is CCN1CCCCC(n2c(=O)n(-c3ccc(Cl)cc3Cl)c3c(Cl)cc(C(N)=O)cc32)C1. The number of likely N-dealkylation sites (tertiary alicyclic amines) is 1. The third-order valence-corrected chi connectivity index (χ3v) is 6.73. The quantitative estimate of drug-likeness (QED) is 0.576. The van der Waals surface area contributed by atoms with Gasteiger partial charge in [-0.1, -0.05) is 48.1 Å². The van der Waals surface area contributed by atoms with Gasteiger partial charge in [0.25, 0.3) is 0 Å². The summed E-state index contributed by atoms with van der Waals surface area (Å²) in [5.41, 5.74) is 7.07. The minimum Gasteiger partial charge on any atom is -0.366 e. The molecule has 1 fully saturated rings. The summed E-state index contributed by atoms with van der Waals surface area (Å²) in [6.07, 6.45) is 2.93. The average Bonchev–Trinajstić information content (AvgIpc) is 2.87. The lowest BCUT2D eigenvalue weighted by Gasteiger charge is -2.23. The van der Waals surface area contributed by atoms with Crippen LogP contribution < -0.4 is 11.4 Å². The van der Waals surface area contributed by atoms with E-state index >= 15 is 0 Å². The van der Waals surface area contributed by atoms with Gasteiger partial charge in [0.05, 0.1) is 32.8 Å². The first-order valence-electron chi connectivity index (χ1n) is 10.3. The van der Waals surface area contributed by atoms with E-state index in [1.165, 1.54) is 10.6 Å². The zero-order valence-corrected chi connectivity index (χ0v) is 19.3. The van der Waals surface area contributed by atoms with Crippen LogP contribution in [0.1, 0.15) is 42.6 Å². The Morgan fingerprint density at radius 1 is 1.13 bits per heavy atom. The van der Waals surface area contributed by atoms with Crippen LogP contribution in [0.5, 0.6) is 0 Å². The zero-order chi connectivity index (χ0) is 22.3. The van der Waals surface area contributed by atoms with Crippen LogP contribution in [0.25, 0.3) is 16.7 Å². The van der Waals surface area contributed by atoms with Gasteiger partial charge >= 0.3 is 5.69 Å². The van der Waals surface area contributed by atoms with Gasteiger partial charge in [-0.3, -0.25) is 13.9 Å². The van der Waals surface area contributed by atoms with Crippen molar-refractivity contribution in [2.75, 3.05) is 19.6 Å². The van der Waals surface area contributed by atoms with Crippen LogP contribution in [0.2, 0.25) is 15.1 Å². The second-order valence-corrected chi connectivity index (χ2v) is 9.07. The van der Waals surface area contributed by atoms with Crippen molar-refractivity contribution in [3.8, 4) is 5.69 Å². The second-order valence-electron chi connectivity index (χ2n) is 7.82. The number of halogens is 3. The third kappa shape index (κ3) is 4.10. The number of primary amides is 1. The number of carbonyl (C=O) groups excluding carboxylic acids is 1. The third-order valence-electron chi connectivity index (χ3n) is 5.90. The van der Waals surface area contributed by atoms with Crippen LogP contribution in [-0.4, -0.2) is 39.6 Å². The van der Waals surface area contributed by atoms with Crippen molar-refractivity contribution in [2.45, 2.75) is 32.2 Å². The molecule has 1 amide bonds. The number of benzene rings is 2. The van der Waals surface area contributed by atoms with E-state index in [4.69, 9.17) is 40.5 Å². The highest BCUT2D eigenvalue weighted by Crippen LogP contribution is 2.33. The highest BCUT2D eigenvalue weighted by atomic mass is 35.5. The van der Waals surface area contributed by atoms with E-state index < -0.39 is 5.91 Å². The van der Waals surface area contributed by atoms with Gasteiger partial charge in [0.1, 0.15) is 0 Å². The molecule has 1 aliphatic heterocycles. The van der Waals surface area contributed by atoms with Gasteiger partial charge in [-0.05, 0) is 56.3 Å². The predicted octanol–water partition coefficient (Wildman–Crippen LogP) is 4.90. The molecule has 0 spiro atoms. The van der Waals surface area contributed by atoms with Crippen molar-refractivity contribution in [1.82, 2.24) is 14.0 Å². The molecule has 0 bridgehead atoms. The molecule has 164 valence electrons. The molecule has 9 heteroatoms. The van der Waals surface area contributed by atoms with Gasteiger partial charge in [-0.2, -0.15) is 0 Å². The summed E-state index contributed by atoms with van der Waals surface area (Å²) in [5, 5.41) is 1.06.